The molecule has 0 aliphatic carbocycles. The first kappa shape index (κ1) is 12.4. The van der Waals surface area contributed by atoms with Crippen molar-refractivity contribution in [1.82, 2.24) is 10.3 Å². The van der Waals surface area contributed by atoms with Crippen LogP contribution < -0.4 is 10.5 Å². The molecule has 0 fully saturated rings. The van der Waals surface area contributed by atoms with E-state index in [-0.39, 0.29) is 0 Å². The molecule has 0 aliphatic heterocycles. The largest absolute Gasteiger partial charge is 0.494 e. The molecule has 0 atom stereocenters. The van der Waals surface area contributed by atoms with Crippen molar-refractivity contribution in [1.29, 1.82) is 0 Å². The molecular formula is C13H17N3O2. The maximum atomic E-state index is 5.62. The highest BCUT2D eigenvalue weighted by Crippen LogP contribution is 2.13. The van der Waals surface area contributed by atoms with E-state index >= 15 is 0 Å². The van der Waals surface area contributed by atoms with Gasteiger partial charge in [0, 0.05) is 0 Å². The molecular weight excluding hydrogens is 230 g/mol. The number of benzene rings is 1. The van der Waals surface area contributed by atoms with E-state index in [1.807, 2.05) is 24.3 Å². The summed E-state index contributed by atoms with van der Waals surface area (Å²) in [5.41, 5.74) is 7.52. The van der Waals surface area contributed by atoms with Crippen molar-refractivity contribution in [3.8, 4) is 5.75 Å². The van der Waals surface area contributed by atoms with Crippen LogP contribution >= 0.6 is 0 Å². The number of nitrogens with two attached hydrogens (primary N) is 1. The standard InChI is InChI=1S/C13H17N3O2/c1-10-5-7-11(8-6-10)17-9-3-2-4-12-13(14)16-18-15-12/h5-8H,2-4,9H2,1H3,(H2,14,16). The summed E-state index contributed by atoms with van der Waals surface area (Å²) in [7, 11) is 0. The Hall–Kier alpha value is -2.04. The van der Waals surface area contributed by atoms with Crippen molar-refractivity contribution >= 4 is 5.82 Å². The molecule has 0 spiro atoms. The van der Waals surface area contributed by atoms with Crippen LogP contribution in [0.3, 0.4) is 0 Å². The molecule has 2 N–H and O–H groups in total. The zero-order valence-corrected chi connectivity index (χ0v) is 10.4. The summed E-state index contributed by atoms with van der Waals surface area (Å²) >= 11 is 0. The van der Waals surface area contributed by atoms with E-state index in [4.69, 9.17) is 10.5 Å². The van der Waals surface area contributed by atoms with Crippen molar-refractivity contribution in [2.45, 2.75) is 26.2 Å². The van der Waals surface area contributed by atoms with Crippen molar-refractivity contribution in [2.75, 3.05) is 12.3 Å². The summed E-state index contributed by atoms with van der Waals surface area (Å²) in [6.45, 7) is 2.74. The SMILES string of the molecule is Cc1ccc(OCCCCc2nonc2N)cc1. The fraction of sp³-hybridized carbons (Fsp3) is 0.385. The van der Waals surface area contributed by atoms with Crippen molar-refractivity contribution in [3.63, 3.8) is 0 Å². The van der Waals surface area contributed by atoms with Gasteiger partial charge in [-0.1, -0.05) is 22.9 Å². The maximum absolute atomic E-state index is 5.62. The predicted molar refractivity (Wildman–Crippen MR) is 68.3 cm³/mol. The average Bonchev–Trinajstić information content (AvgIpc) is 2.77. The normalized spacial score (nSPS) is 10.5. The number of rotatable bonds is 6. The summed E-state index contributed by atoms with van der Waals surface area (Å²) in [6.07, 6.45) is 2.66. The number of aromatic nitrogens is 2. The third kappa shape index (κ3) is 3.48. The van der Waals surface area contributed by atoms with Gasteiger partial charge in [0.1, 0.15) is 11.4 Å². The van der Waals surface area contributed by atoms with Crippen LogP contribution in [0, 0.1) is 6.92 Å². The monoisotopic (exact) mass is 247 g/mol. The van der Waals surface area contributed by atoms with Gasteiger partial charge in [-0.2, -0.15) is 0 Å². The topological polar surface area (TPSA) is 74.2 Å². The molecule has 2 rings (SSSR count). The Morgan fingerprint density at radius 3 is 2.61 bits per heavy atom. The first-order chi connectivity index (χ1) is 8.75. The minimum Gasteiger partial charge on any atom is -0.494 e. The summed E-state index contributed by atoms with van der Waals surface area (Å²) in [6, 6.07) is 8.04. The van der Waals surface area contributed by atoms with Crippen LogP contribution in [-0.4, -0.2) is 16.9 Å². The third-order valence-electron chi connectivity index (χ3n) is 2.68. The summed E-state index contributed by atoms with van der Waals surface area (Å²) < 4.78 is 10.1. The second-order valence-electron chi connectivity index (χ2n) is 4.21. The predicted octanol–water partition coefficient (Wildman–Crippen LogP) is 2.36. The van der Waals surface area contributed by atoms with Crippen LogP contribution in [-0.2, 0) is 6.42 Å². The van der Waals surface area contributed by atoms with Crippen LogP contribution in [0.2, 0.25) is 0 Å². The minimum atomic E-state index is 0.384. The van der Waals surface area contributed by atoms with E-state index in [0.717, 1.165) is 30.7 Å². The number of aryl methyl sites for hydroxylation is 2. The molecule has 1 aromatic carbocycles. The van der Waals surface area contributed by atoms with Gasteiger partial charge in [0.2, 0.25) is 0 Å². The van der Waals surface area contributed by atoms with Crippen LogP contribution in [0.5, 0.6) is 5.75 Å². The highest BCUT2D eigenvalue weighted by Gasteiger charge is 2.04. The van der Waals surface area contributed by atoms with Gasteiger partial charge >= 0.3 is 0 Å². The fourth-order valence-electron chi connectivity index (χ4n) is 1.61. The van der Waals surface area contributed by atoms with Gasteiger partial charge in [-0.15, -0.1) is 0 Å². The number of nitrogen functional groups attached to an aromatic ring is 1. The second kappa shape index (κ2) is 6.05. The molecule has 2 aromatic rings. The number of hydrogen-bond acceptors (Lipinski definition) is 5. The summed E-state index contributed by atoms with van der Waals surface area (Å²) in [5.74, 6) is 1.29. The van der Waals surface area contributed by atoms with Crippen LogP contribution in [0.4, 0.5) is 5.82 Å². The average molecular weight is 247 g/mol. The zero-order valence-electron chi connectivity index (χ0n) is 10.4. The molecule has 0 saturated heterocycles. The van der Waals surface area contributed by atoms with E-state index in [0.29, 0.717) is 12.4 Å². The maximum Gasteiger partial charge on any atom is 0.191 e. The molecule has 96 valence electrons. The highest BCUT2D eigenvalue weighted by atomic mass is 16.6. The van der Waals surface area contributed by atoms with E-state index in [1.54, 1.807) is 0 Å². The Morgan fingerprint density at radius 2 is 1.94 bits per heavy atom. The lowest BCUT2D eigenvalue weighted by Gasteiger charge is -2.05. The second-order valence-corrected chi connectivity index (χ2v) is 4.21. The molecule has 0 unspecified atom stereocenters. The van der Waals surface area contributed by atoms with Crippen molar-refractivity contribution < 1.29 is 9.37 Å². The van der Waals surface area contributed by atoms with Crippen LogP contribution in [0.25, 0.3) is 0 Å². The molecule has 0 amide bonds. The molecule has 1 heterocycles. The van der Waals surface area contributed by atoms with Crippen LogP contribution in [0.15, 0.2) is 28.9 Å². The Kier molecular flexibility index (Phi) is 4.17. The third-order valence-corrected chi connectivity index (χ3v) is 2.68. The van der Waals surface area contributed by atoms with Gasteiger partial charge in [-0.25, -0.2) is 4.63 Å². The van der Waals surface area contributed by atoms with Gasteiger partial charge in [0.05, 0.1) is 6.61 Å². The molecule has 0 bridgehead atoms. The minimum absolute atomic E-state index is 0.384. The Morgan fingerprint density at radius 1 is 1.17 bits per heavy atom. The van der Waals surface area contributed by atoms with E-state index in [1.165, 1.54) is 5.56 Å². The quantitative estimate of drug-likeness (QED) is 0.793. The first-order valence-corrected chi connectivity index (χ1v) is 6.02. The highest BCUT2D eigenvalue weighted by molar-refractivity contribution is 5.30. The molecule has 0 saturated carbocycles. The van der Waals surface area contributed by atoms with Crippen molar-refractivity contribution in [3.05, 3.63) is 35.5 Å². The number of anilines is 1. The molecule has 1 aromatic heterocycles. The van der Waals surface area contributed by atoms with Crippen molar-refractivity contribution in [2.24, 2.45) is 0 Å². The number of nitrogens with zero attached hydrogens (tertiary/aromatic N) is 2. The van der Waals surface area contributed by atoms with Gasteiger partial charge in [-0.3, -0.25) is 0 Å². The Bertz CT molecular complexity index is 479. The first-order valence-electron chi connectivity index (χ1n) is 6.02. The van der Waals surface area contributed by atoms with E-state index < -0.39 is 0 Å². The molecule has 5 nitrogen and oxygen atoms in total. The summed E-state index contributed by atoms with van der Waals surface area (Å²) in [4.78, 5) is 0. The number of unbranched alkanes of at least 4 members (excludes halogenated alkanes) is 1. The molecule has 0 aliphatic rings. The molecule has 5 heteroatoms. The smallest absolute Gasteiger partial charge is 0.191 e. The lowest BCUT2D eigenvalue weighted by molar-refractivity contribution is 0.298. The number of ether oxygens (including phenoxy) is 1. The molecule has 18 heavy (non-hydrogen) atoms. The zero-order chi connectivity index (χ0) is 12.8. The van der Waals surface area contributed by atoms with Gasteiger partial charge < -0.3 is 10.5 Å². The van der Waals surface area contributed by atoms with Gasteiger partial charge in [-0.05, 0) is 43.5 Å². The van der Waals surface area contributed by atoms with E-state index in [2.05, 4.69) is 21.9 Å². The Labute approximate surface area is 106 Å². The lowest BCUT2D eigenvalue weighted by Crippen LogP contribution is -1.99. The fourth-order valence-corrected chi connectivity index (χ4v) is 1.61. The molecule has 0 radical (unpaired) electrons. The summed E-state index contributed by atoms with van der Waals surface area (Å²) in [5, 5.41) is 7.26. The Balaban J connectivity index is 1.64. The number of hydrogen-bond donors (Lipinski definition) is 1. The van der Waals surface area contributed by atoms with Gasteiger partial charge in [0.15, 0.2) is 5.82 Å². The van der Waals surface area contributed by atoms with E-state index in [9.17, 15) is 0 Å². The van der Waals surface area contributed by atoms with Gasteiger partial charge in [0.25, 0.3) is 0 Å². The lowest BCUT2D eigenvalue weighted by atomic mass is 10.2. The van der Waals surface area contributed by atoms with Crippen LogP contribution in [0.1, 0.15) is 24.1 Å².